The second-order valence-electron chi connectivity index (χ2n) is 5.23. The molecule has 25 heavy (non-hydrogen) atoms. The smallest absolute Gasteiger partial charge is 0.271 e. The lowest BCUT2D eigenvalue weighted by Gasteiger charge is -2.04. The fraction of sp³-hybridized carbons (Fsp3) is 0.118. The van der Waals surface area contributed by atoms with Crippen molar-refractivity contribution in [2.45, 2.75) is 6.54 Å². The average Bonchev–Trinajstić information content (AvgIpc) is 3.29. The van der Waals surface area contributed by atoms with Gasteiger partial charge in [0.15, 0.2) is 16.6 Å². The van der Waals surface area contributed by atoms with Crippen LogP contribution in [0.15, 0.2) is 48.0 Å². The van der Waals surface area contributed by atoms with E-state index < -0.39 is 0 Å². The van der Waals surface area contributed by atoms with E-state index in [1.54, 1.807) is 11.6 Å². The molecule has 0 saturated heterocycles. The molecule has 0 fully saturated rings. The van der Waals surface area contributed by atoms with E-state index in [0.717, 1.165) is 17.1 Å². The normalized spacial score (nSPS) is 12.0. The molecule has 0 saturated carbocycles. The number of rotatable bonds is 5. The Kier molecular flexibility index (Phi) is 4.17. The van der Waals surface area contributed by atoms with Crippen LogP contribution in [0, 0.1) is 0 Å². The van der Waals surface area contributed by atoms with Gasteiger partial charge in [0.1, 0.15) is 5.69 Å². The van der Waals surface area contributed by atoms with Gasteiger partial charge in [-0.2, -0.15) is 0 Å². The zero-order valence-corrected chi connectivity index (χ0v) is 13.9. The van der Waals surface area contributed by atoms with Crippen molar-refractivity contribution >= 4 is 28.1 Å². The average molecular weight is 354 g/mol. The topological polar surface area (TPSA) is 85.4 Å². The molecule has 1 aromatic carbocycles. The molecule has 3 aromatic rings. The van der Waals surface area contributed by atoms with E-state index in [1.807, 2.05) is 36.4 Å². The monoisotopic (exact) mass is 354 g/mol. The molecule has 2 N–H and O–H groups in total. The lowest BCUT2D eigenvalue weighted by atomic mass is 10.3. The van der Waals surface area contributed by atoms with E-state index in [0.29, 0.717) is 23.1 Å². The van der Waals surface area contributed by atoms with Crippen molar-refractivity contribution < 1.29 is 14.3 Å². The maximum Gasteiger partial charge on any atom is 0.271 e. The maximum absolute atomic E-state index is 12.2. The molecule has 1 aliphatic heterocycles. The second kappa shape index (κ2) is 6.78. The Bertz CT molecular complexity index is 898. The summed E-state index contributed by atoms with van der Waals surface area (Å²) in [5.41, 5.74) is 1.98. The summed E-state index contributed by atoms with van der Waals surface area (Å²) in [4.78, 5) is 20.7. The highest BCUT2D eigenvalue weighted by Crippen LogP contribution is 2.35. The Morgan fingerprint density at radius 2 is 2.12 bits per heavy atom. The third-order valence-electron chi connectivity index (χ3n) is 3.52. The van der Waals surface area contributed by atoms with Crippen molar-refractivity contribution in [1.82, 2.24) is 15.3 Å². The zero-order chi connectivity index (χ0) is 17.1. The van der Waals surface area contributed by atoms with Crippen molar-refractivity contribution in [2.24, 2.45) is 0 Å². The summed E-state index contributed by atoms with van der Waals surface area (Å²) in [5.74, 6) is 1.18. The number of benzene rings is 1. The van der Waals surface area contributed by atoms with Gasteiger partial charge in [0.2, 0.25) is 6.79 Å². The Hall–Kier alpha value is -3.13. The summed E-state index contributed by atoms with van der Waals surface area (Å²) >= 11 is 1.36. The minimum absolute atomic E-state index is 0.233. The van der Waals surface area contributed by atoms with Crippen LogP contribution in [-0.2, 0) is 6.54 Å². The summed E-state index contributed by atoms with van der Waals surface area (Å²) in [6.45, 7) is 0.596. The zero-order valence-electron chi connectivity index (χ0n) is 13.1. The minimum atomic E-state index is -0.236. The van der Waals surface area contributed by atoms with Crippen LogP contribution >= 0.6 is 11.3 Å². The van der Waals surface area contributed by atoms with Crippen LogP contribution in [0.1, 0.15) is 16.2 Å². The van der Waals surface area contributed by atoms with Gasteiger partial charge in [0.25, 0.3) is 5.91 Å². The lowest BCUT2D eigenvalue weighted by Crippen LogP contribution is -2.23. The van der Waals surface area contributed by atoms with Gasteiger partial charge in [-0.1, -0.05) is 6.07 Å². The van der Waals surface area contributed by atoms with E-state index in [9.17, 15) is 4.79 Å². The summed E-state index contributed by atoms with van der Waals surface area (Å²) in [6, 6.07) is 11.1. The van der Waals surface area contributed by atoms with Gasteiger partial charge in [0, 0.05) is 23.3 Å². The predicted octanol–water partition coefficient (Wildman–Crippen LogP) is 2.94. The van der Waals surface area contributed by atoms with Gasteiger partial charge in [0.05, 0.1) is 12.2 Å². The van der Waals surface area contributed by atoms with Gasteiger partial charge in [-0.05, 0) is 24.3 Å². The van der Waals surface area contributed by atoms with Crippen LogP contribution < -0.4 is 20.1 Å². The first kappa shape index (κ1) is 15.4. The number of fused-ring (bicyclic) bond motifs is 1. The quantitative estimate of drug-likeness (QED) is 0.733. The van der Waals surface area contributed by atoms with Crippen molar-refractivity contribution in [3.8, 4) is 11.5 Å². The summed E-state index contributed by atoms with van der Waals surface area (Å²) < 4.78 is 10.6. The number of aromatic nitrogens is 2. The molecule has 0 aliphatic carbocycles. The molecule has 126 valence electrons. The number of nitrogens with one attached hydrogen (secondary N) is 2. The predicted molar refractivity (Wildman–Crippen MR) is 93.4 cm³/mol. The van der Waals surface area contributed by atoms with Gasteiger partial charge in [-0.3, -0.25) is 9.78 Å². The van der Waals surface area contributed by atoms with E-state index in [-0.39, 0.29) is 12.7 Å². The molecular formula is C17H14N4O3S. The van der Waals surface area contributed by atoms with Crippen LogP contribution in [0.3, 0.4) is 0 Å². The van der Waals surface area contributed by atoms with E-state index in [2.05, 4.69) is 20.6 Å². The highest BCUT2D eigenvalue weighted by molar-refractivity contribution is 7.14. The number of thiazole rings is 1. The summed E-state index contributed by atoms with van der Waals surface area (Å²) in [7, 11) is 0. The van der Waals surface area contributed by atoms with Gasteiger partial charge < -0.3 is 20.1 Å². The summed E-state index contributed by atoms with van der Waals surface area (Å²) in [5, 5.41) is 8.31. The molecule has 0 bridgehead atoms. The number of ether oxygens (including phenoxy) is 2. The van der Waals surface area contributed by atoms with Crippen LogP contribution in [0.4, 0.5) is 10.8 Å². The first-order chi connectivity index (χ1) is 12.3. The number of amides is 1. The molecular weight excluding hydrogens is 340 g/mol. The standard InChI is InChI=1S/C17H14N4O3S/c22-16(19-8-12-3-1-2-6-18-12)13-9-25-17(21-13)20-11-4-5-14-15(7-11)24-10-23-14/h1-7,9H,8,10H2,(H,19,22)(H,20,21). The van der Waals surface area contributed by atoms with Crippen molar-refractivity contribution in [2.75, 3.05) is 12.1 Å². The Morgan fingerprint density at radius 1 is 1.20 bits per heavy atom. The number of hydrogen-bond acceptors (Lipinski definition) is 7. The molecule has 8 heteroatoms. The molecule has 0 spiro atoms. The van der Waals surface area contributed by atoms with Gasteiger partial charge >= 0.3 is 0 Å². The third kappa shape index (κ3) is 3.53. The first-order valence-corrected chi connectivity index (χ1v) is 8.46. The number of carbonyl (C=O) groups is 1. The van der Waals surface area contributed by atoms with Crippen LogP contribution in [0.25, 0.3) is 0 Å². The summed E-state index contributed by atoms with van der Waals surface area (Å²) in [6.07, 6.45) is 1.69. The maximum atomic E-state index is 12.2. The highest BCUT2D eigenvalue weighted by atomic mass is 32.1. The Labute approximate surface area is 147 Å². The Morgan fingerprint density at radius 3 is 3.00 bits per heavy atom. The van der Waals surface area contributed by atoms with Gasteiger partial charge in [-0.15, -0.1) is 11.3 Å². The molecule has 7 nitrogen and oxygen atoms in total. The van der Waals surface area contributed by atoms with E-state index in [1.165, 1.54) is 11.3 Å². The second-order valence-corrected chi connectivity index (χ2v) is 6.09. The third-order valence-corrected chi connectivity index (χ3v) is 4.27. The molecule has 0 radical (unpaired) electrons. The van der Waals surface area contributed by atoms with Gasteiger partial charge in [-0.25, -0.2) is 4.98 Å². The fourth-order valence-corrected chi connectivity index (χ4v) is 3.01. The molecule has 3 heterocycles. The van der Waals surface area contributed by atoms with E-state index >= 15 is 0 Å². The fourth-order valence-electron chi connectivity index (χ4n) is 2.30. The lowest BCUT2D eigenvalue weighted by molar-refractivity contribution is 0.0946. The molecule has 1 amide bonds. The first-order valence-electron chi connectivity index (χ1n) is 7.58. The molecule has 0 atom stereocenters. The molecule has 1 aliphatic rings. The van der Waals surface area contributed by atoms with Crippen LogP contribution in [0.2, 0.25) is 0 Å². The van der Waals surface area contributed by atoms with E-state index in [4.69, 9.17) is 9.47 Å². The largest absolute Gasteiger partial charge is 0.454 e. The number of carbonyl (C=O) groups excluding carboxylic acids is 1. The number of nitrogens with zero attached hydrogens (tertiary/aromatic N) is 2. The Balaban J connectivity index is 1.39. The number of hydrogen-bond donors (Lipinski definition) is 2. The number of pyridine rings is 1. The molecule has 0 unspecified atom stereocenters. The minimum Gasteiger partial charge on any atom is -0.454 e. The van der Waals surface area contributed by atoms with Crippen LogP contribution in [-0.4, -0.2) is 22.7 Å². The van der Waals surface area contributed by atoms with Crippen molar-refractivity contribution in [3.05, 3.63) is 59.4 Å². The molecule has 4 rings (SSSR count). The van der Waals surface area contributed by atoms with Crippen LogP contribution in [0.5, 0.6) is 11.5 Å². The highest BCUT2D eigenvalue weighted by Gasteiger charge is 2.15. The SMILES string of the molecule is O=C(NCc1ccccn1)c1csc(Nc2ccc3c(c2)OCO3)n1. The number of anilines is 2. The van der Waals surface area contributed by atoms with Crippen molar-refractivity contribution in [3.63, 3.8) is 0 Å². The van der Waals surface area contributed by atoms with Crippen molar-refractivity contribution in [1.29, 1.82) is 0 Å². The molecule has 2 aromatic heterocycles.